The summed E-state index contributed by atoms with van der Waals surface area (Å²) in [5.74, 6) is 0. The van der Waals surface area contributed by atoms with Gasteiger partial charge in [-0.1, -0.05) is 0 Å². The lowest BCUT2D eigenvalue weighted by molar-refractivity contribution is -0.280. The predicted octanol–water partition coefficient (Wildman–Crippen LogP) is -2.99. The first-order chi connectivity index (χ1) is 6.07. The van der Waals surface area contributed by atoms with Crippen LogP contribution in [0, 0.1) is 0 Å². The third-order valence-corrected chi connectivity index (χ3v) is 2.09. The number of aliphatic hydroxyl groups excluding tert-OH is 4. The van der Waals surface area contributed by atoms with E-state index >= 15 is 0 Å². The van der Waals surface area contributed by atoms with Crippen molar-refractivity contribution in [2.75, 3.05) is 13.6 Å². The Morgan fingerprint density at radius 1 is 1.08 bits per heavy atom. The van der Waals surface area contributed by atoms with Gasteiger partial charge in [-0.15, -0.1) is 0 Å². The van der Waals surface area contributed by atoms with Crippen LogP contribution in [0.2, 0.25) is 0 Å². The van der Waals surface area contributed by atoms with Crippen LogP contribution in [0.1, 0.15) is 0 Å². The molecule has 2 unspecified atom stereocenters. The molecular weight excluding hydrogens is 178 g/mol. The SMILES string of the molecule is CNCC1O[C@H](O)C(O)[C@H](O)[C@H]1O. The number of likely N-dealkylation sites (N-methyl/N-ethyl adjacent to an activating group) is 1. The minimum Gasteiger partial charge on any atom is -0.388 e. The molecule has 1 rings (SSSR count). The first-order valence-corrected chi connectivity index (χ1v) is 4.10. The average Bonchev–Trinajstić information content (AvgIpc) is 2.11. The first-order valence-electron chi connectivity index (χ1n) is 4.10. The standard InChI is InChI=1S/C7H15NO5/c1-8-2-3-4(9)5(10)6(11)7(12)13-3/h3-12H,2H2,1H3/t3?,4-,5+,6?,7-/m0/s1. The summed E-state index contributed by atoms with van der Waals surface area (Å²) < 4.78 is 4.85. The number of aliphatic hydroxyl groups is 4. The smallest absolute Gasteiger partial charge is 0.184 e. The molecule has 0 amide bonds. The van der Waals surface area contributed by atoms with Gasteiger partial charge in [0.25, 0.3) is 0 Å². The molecule has 6 heteroatoms. The van der Waals surface area contributed by atoms with Gasteiger partial charge in [0, 0.05) is 6.54 Å². The largest absolute Gasteiger partial charge is 0.388 e. The van der Waals surface area contributed by atoms with Gasteiger partial charge < -0.3 is 30.5 Å². The highest BCUT2D eigenvalue weighted by Crippen LogP contribution is 2.18. The molecule has 13 heavy (non-hydrogen) atoms. The highest BCUT2D eigenvalue weighted by Gasteiger charge is 2.42. The van der Waals surface area contributed by atoms with E-state index in [4.69, 9.17) is 14.9 Å². The molecule has 1 aliphatic rings. The summed E-state index contributed by atoms with van der Waals surface area (Å²) in [6.07, 6.45) is -6.17. The van der Waals surface area contributed by atoms with Crippen LogP contribution in [0.5, 0.6) is 0 Å². The van der Waals surface area contributed by atoms with Crippen molar-refractivity contribution in [3.63, 3.8) is 0 Å². The van der Waals surface area contributed by atoms with Crippen molar-refractivity contribution in [2.24, 2.45) is 0 Å². The van der Waals surface area contributed by atoms with Gasteiger partial charge in [0.2, 0.25) is 0 Å². The van der Waals surface area contributed by atoms with Gasteiger partial charge in [0.15, 0.2) is 6.29 Å². The second kappa shape index (κ2) is 4.32. The molecule has 0 aliphatic carbocycles. The highest BCUT2D eigenvalue weighted by molar-refractivity contribution is 4.89. The molecule has 0 aromatic rings. The van der Waals surface area contributed by atoms with E-state index in [0.717, 1.165) is 0 Å². The minimum atomic E-state index is -1.46. The molecule has 1 aliphatic heterocycles. The topological polar surface area (TPSA) is 102 Å². The molecule has 6 nitrogen and oxygen atoms in total. The van der Waals surface area contributed by atoms with Crippen molar-refractivity contribution < 1.29 is 25.2 Å². The van der Waals surface area contributed by atoms with Crippen LogP contribution in [0.15, 0.2) is 0 Å². The summed E-state index contributed by atoms with van der Waals surface area (Å²) in [7, 11) is 1.65. The van der Waals surface area contributed by atoms with Crippen LogP contribution in [0.3, 0.4) is 0 Å². The molecule has 0 aromatic heterocycles. The van der Waals surface area contributed by atoms with Crippen molar-refractivity contribution in [3.8, 4) is 0 Å². The molecule has 1 saturated heterocycles. The quantitative estimate of drug-likeness (QED) is 0.320. The maximum atomic E-state index is 9.37. The molecule has 5 N–H and O–H groups in total. The third kappa shape index (κ3) is 2.16. The fraction of sp³-hybridized carbons (Fsp3) is 1.00. The number of hydrogen-bond donors (Lipinski definition) is 5. The molecule has 0 bridgehead atoms. The van der Waals surface area contributed by atoms with Crippen LogP contribution in [-0.2, 0) is 4.74 Å². The molecule has 0 saturated carbocycles. The van der Waals surface area contributed by atoms with Gasteiger partial charge in [-0.05, 0) is 7.05 Å². The van der Waals surface area contributed by atoms with Crippen molar-refractivity contribution >= 4 is 0 Å². The first kappa shape index (κ1) is 10.8. The maximum absolute atomic E-state index is 9.37. The Hall–Kier alpha value is -0.240. The summed E-state index contributed by atoms with van der Waals surface area (Å²) >= 11 is 0. The predicted molar refractivity (Wildman–Crippen MR) is 42.8 cm³/mol. The van der Waals surface area contributed by atoms with Gasteiger partial charge >= 0.3 is 0 Å². The average molecular weight is 193 g/mol. The fourth-order valence-electron chi connectivity index (χ4n) is 1.30. The molecule has 78 valence electrons. The van der Waals surface area contributed by atoms with Crippen LogP contribution in [0.25, 0.3) is 0 Å². The van der Waals surface area contributed by atoms with E-state index < -0.39 is 30.7 Å². The van der Waals surface area contributed by atoms with Gasteiger partial charge in [0.05, 0.1) is 0 Å². The molecule has 5 atom stereocenters. The summed E-state index contributed by atoms with van der Waals surface area (Å²) in [5.41, 5.74) is 0. The lowest BCUT2D eigenvalue weighted by atomic mass is 9.99. The van der Waals surface area contributed by atoms with Gasteiger partial charge in [0.1, 0.15) is 24.4 Å². The van der Waals surface area contributed by atoms with E-state index in [1.165, 1.54) is 0 Å². The van der Waals surface area contributed by atoms with E-state index in [2.05, 4.69) is 5.32 Å². The second-order valence-corrected chi connectivity index (χ2v) is 3.09. The lowest BCUT2D eigenvalue weighted by Crippen LogP contribution is -2.59. The van der Waals surface area contributed by atoms with Gasteiger partial charge in [-0.25, -0.2) is 0 Å². The Labute approximate surface area is 75.8 Å². The second-order valence-electron chi connectivity index (χ2n) is 3.09. The molecule has 1 heterocycles. The number of hydrogen-bond acceptors (Lipinski definition) is 6. The zero-order chi connectivity index (χ0) is 10.0. The van der Waals surface area contributed by atoms with Crippen LogP contribution in [-0.4, -0.2) is 64.7 Å². The van der Waals surface area contributed by atoms with Crippen LogP contribution < -0.4 is 5.32 Å². The van der Waals surface area contributed by atoms with Crippen molar-refractivity contribution in [1.29, 1.82) is 0 Å². The van der Waals surface area contributed by atoms with Gasteiger partial charge in [-0.2, -0.15) is 0 Å². The summed E-state index contributed by atoms with van der Waals surface area (Å²) in [4.78, 5) is 0. The summed E-state index contributed by atoms with van der Waals surface area (Å²) in [5, 5.41) is 39.5. The van der Waals surface area contributed by atoms with E-state index in [0.29, 0.717) is 6.54 Å². The van der Waals surface area contributed by atoms with Crippen molar-refractivity contribution in [2.45, 2.75) is 30.7 Å². The Morgan fingerprint density at radius 2 is 1.69 bits per heavy atom. The zero-order valence-corrected chi connectivity index (χ0v) is 7.29. The summed E-state index contributed by atoms with van der Waals surface area (Å²) in [6, 6.07) is 0. The Bertz CT molecular complexity index is 167. The van der Waals surface area contributed by atoms with Crippen molar-refractivity contribution in [3.05, 3.63) is 0 Å². The summed E-state index contributed by atoms with van der Waals surface area (Å²) in [6.45, 7) is 0.294. The number of ether oxygens (including phenoxy) is 1. The fourth-order valence-corrected chi connectivity index (χ4v) is 1.30. The number of nitrogens with one attached hydrogen (secondary N) is 1. The normalized spacial score (nSPS) is 46.4. The Kier molecular flexibility index (Phi) is 3.60. The van der Waals surface area contributed by atoms with Gasteiger partial charge in [-0.3, -0.25) is 0 Å². The molecule has 0 aromatic carbocycles. The highest BCUT2D eigenvalue weighted by atomic mass is 16.6. The molecule has 0 radical (unpaired) electrons. The molecule has 0 spiro atoms. The van der Waals surface area contributed by atoms with E-state index in [-0.39, 0.29) is 0 Å². The van der Waals surface area contributed by atoms with E-state index in [9.17, 15) is 10.2 Å². The van der Waals surface area contributed by atoms with Crippen LogP contribution in [0.4, 0.5) is 0 Å². The van der Waals surface area contributed by atoms with Crippen LogP contribution >= 0.6 is 0 Å². The van der Waals surface area contributed by atoms with E-state index in [1.807, 2.05) is 0 Å². The minimum absolute atomic E-state index is 0.294. The molecule has 1 fully saturated rings. The molecular formula is C7H15NO5. The monoisotopic (exact) mass is 193 g/mol. The number of rotatable bonds is 2. The zero-order valence-electron chi connectivity index (χ0n) is 7.29. The third-order valence-electron chi connectivity index (χ3n) is 2.09. The maximum Gasteiger partial charge on any atom is 0.184 e. The lowest BCUT2D eigenvalue weighted by Gasteiger charge is -2.38. The Balaban J connectivity index is 2.59. The van der Waals surface area contributed by atoms with Crippen molar-refractivity contribution in [1.82, 2.24) is 5.32 Å². The Morgan fingerprint density at radius 3 is 2.23 bits per heavy atom. The van der Waals surface area contributed by atoms with E-state index in [1.54, 1.807) is 7.05 Å².